The van der Waals surface area contributed by atoms with Crippen LogP contribution in [0.5, 0.6) is 0 Å². The van der Waals surface area contributed by atoms with Gasteiger partial charge in [0, 0.05) is 15.8 Å². The molecular formula is C37H49BrN2O3S. The lowest BCUT2D eigenvalue weighted by Crippen LogP contribution is -2.66. The van der Waals surface area contributed by atoms with Crippen molar-refractivity contribution in [3.05, 3.63) is 34.3 Å². The molecule has 238 valence electrons. The number of hydrogen-bond donors (Lipinski definition) is 2. The molecule has 0 aliphatic heterocycles. The standard InChI is InChI=1S/C37H49BrN2O3S/c1-32(2)27-10-13-37(7)29(35(27,5)12-11-28(32)42)25(41)19-22-23-20-34(4,15-14-33(23,3)16-17-36(22,37)6)30(43)40-31-39-24-9-8-21(38)18-26(24)44-31/h8-9,18-19,23,27-29,42H,10-17,20H2,1-7H3,(H,39,40,43)/t23-,27-,28-,29+,33+,34-,35-,36+,37+/m0/s1. The number of aliphatic hydroxyl groups is 1. The van der Waals surface area contributed by atoms with Crippen molar-refractivity contribution in [3.63, 3.8) is 0 Å². The number of aliphatic hydroxyl groups excluding tert-OH is 1. The molecule has 5 aliphatic rings. The average Bonchev–Trinajstić information content (AvgIpc) is 3.34. The number of halogens is 1. The minimum absolute atomic E-state index is 0.0315. The normalized spacial score (nSPS) is 44.6. The SMILES string of the molecule is CC1(C)[C@@H](O)CC[C@]2(C)[C@H]3C(=O)C=C4[C@@H]5C[C@@](C)(C(=O)Nc6nc7ccc(Br)cc7s6)CC[C@]5(C)CC[C@@]4(C)[C@]3(C)CC[C@@H]12. The van der Waals surface area contributed by atoms with Crippen LogP contribution in [0.25, 0.3) is 10.2 Å². The van der Waals surface area contributed by atoms with Crippen molar-refractivity contribution in [1.29, 1.82) is 0 Å². The van der Waals surface area contributed by atoms with E-state index in [0.717, 1.165) is 72.5 Å². The van der Waals surface area contributed by atoms with Gasteiger partial charge in [0.15, 0.2) is 10.9 Å². The molecule has 5 aliphatic carbocycles. The molecule has 44 heavy (non-hydrogen) atoms. The number of aromatic nitrogens is 1. The van der Waals surface area contributed by atoms with Crippen LogP contribution in [0.2, 0.25) is 0 Å². The monoisotopic (exact) mass is 680 g/mol. The topological polar surface area (TPSA) is 79.3 Å². The molecule has 1 aromatic heterocycles. The molecule has 0 saturated heterocycles. The summed E-state index contributed by atoms with van der Waals surface area (Å²) >= 11 is 5.06. The maximum absolute atomic E-state index is 14.6. The predicted molar refractivity (Wildman–Crippen MR) is 181 cm³/mol. The number of nitrogens with zero attached hydrogens (tertiary/aromatic N) is 1. The largest absolute Gasteiger partial charge is 0.393 e. The summed E-state index contributed by atoms with van der Waals surface area (Å²) in [6.07, 6.45) is 10.4. The van der Waals surface area contributed by atoms with Crippen LogP contribution in [-0.2, 0) is 9.59 Å². The Kier molecular flexibility index (Phi) is 6.87. The Morgan fingerprint density at radius 3 is 2.48 bits per heavy atom. The summed E-state index contributed by atoms with van der Waals surface area (Å²) in [6, 6.07) is 6.00. The molecule has 9 atom stereocenters. The van der Waals surface area contributed by atoms with Gasteiger partial charge in [-0.15, -0.1) is 0 Å². The lowest BCUT2D eigenvalue weighted by Gasteiger charge is -2.70. The molecule has 4 fully saturated rings. The first-order valence-corrected chi connectivity index (χ1v) is 18.4. The summed E-state index contributed by atoms with van der Waals surface area (Å²) in [4.78, 5) is 33.3. The number of benzene rings is 1. The summed E-state index contributed by atoms with van der Waals surface area (Å²) in [5.41, 5.74) is 1.25. The second-order valence-electron chi connectivity index (χ2n) is 17.2. The number of carbonyl (C=O) groups excluding carboxylic acids is 2. The molecule has 0 spiro atoms. The number of rotatable bonds is 2. The van der Waals surface area contributed by atoms with Gasteiger partial charge in [0.1, 0.15) is 0 Å². The summed E-state index contributed by atoms with van der Waals surface area (Å²) < 4.78 is 2.05. The van der Waals surface area contributed by atoms with Crippen LogP contribution in [0.15, 0.2) is 34.3 Å². The highest BCUT2D eigenvalue weighted by molar-refractivity contribution is 9.10. The van der Waals surface area contributed by atoms with Crippen molar-refractivity contribution in [2.24, 2.45) is 50.2 Å². The first-order valence-electron chi connectivity index (χ1n) is 16.8. The first kappa shape index (κ1) is 31.1. The molecule has 1 heterocycles. The average molecular weight is 682 g/mol. The highest BCUT2D eigenvalue weighted by Gasteiger charge is 2.70. The number of thiazole rings is 1. The maximum Gasteiger partial charge on any atom is 0.232 e. The van der Waals surface area contributed by atoms with Gasteiger partial charge in [0.25, 0.3) is 0 Å². The van der Waals surface area contributed by atoms with Gasteiger partial charge in [-0.25, -0.2) is 4.98 Å². The van der Waals surface area contributed by atoms with E-state index in [4.69, 9.17) is 4.98 Å². The van der Waals surface area contributed by atoms with Crippen molar-refractivity contribution in [3.8, 4) is 0 Å². The molecule has 7 rings (SSSR count). The van der Waals surface area contributed by atoms with Gasteiger partial charge in [-0.2, -0.15) is 0 Å². The predicted octanol–water partition coefficient (Wildman–Crippen LogP) is 9.34. The Balaban J connectivity index is 1.22. The van der Waals surface area contributed by atoms with Gasteiger partial charge in [-0.1, -0.05) is 81.3 Å². The van der Waals surface area contributed by atoms with E-state index in [1.165, 1.54) is 16.9 Å². The molecular weight excluding hydrogens is 632 g/mol. The minimum atomic E-state index is -0.532. The molecule has 7 heteroatoms. The van der Waals surface area contributed by atoms with Crippen LogP contribution < -0.4 is 5.32 Å². The van der Waals surface area contributed by atoms with Crippen LogP contribution in [0.3, 0.4) is 0 Å². The van der Waals surface area contributed by atoms with Crippen molar-refractivity contribution in [2.75, 3.05) is 5.32 Å². The van der Waals surface area contributed by atoms with Crippen LogP contribution in [0, 0.1) is 50.2 Å². The van der Waals surface area contributed by atoms with Gasteiger partial charge < -0.3 is 10.4 Å². The maximum atomic E-state index is 14.6. The zero-order chi connectivity index (χ0) is 31.7. The Bertz CT molecular complexity index is 1600. The van der Waals surface area contributed by atoms with Crippen LogP contribution in [-0.4, -0.2) is 27.9 Å². The molecule has 2 aromatic rings. The van der Waals surface area contributed by atoms with E-state index in [1.807, 2.05) is 18.2 Å². The number of fused-ring (bicyclic) bond motifs is 8. The van der Waals surface area contributed by atoms with Crippen molar-refractivity contribution in [1.82, 2.24) is 4.98 Å². The fourth-order valence-electron chi connectivity index (χ4n) is 11.6. The van der Waals surface area contributed by atoms with Crippen LogP contribution in [0.1, 0.15) is 106 Å². The number of anilines is 1. The van der Waals surface area contributed by atoms with Crippen molar-refractivity contribution < 1.29 is 14.7 Å². The van der Waals surface area contributed by atoms with E-state index in [2.05, 4.69) is 75.8 Å². The minimum Gasteiger partial charge on any atom is -0.393 e. The van der Waals surface area contributed by atoms with Gasteiger partial charge in [-0.3, -0.25) is 9.59 Å². The van der Waals surface area contributed by atoms with E-state index in [-0.39, 0.29) is 50.9 Å². The zero-order valence-corrected chi connectivity index (χ0v) is 29.9. The highest BCUT2D eigenvalue weighted by atomic mass is 79.9. The van der Waals surface area contributed by atoms with Crippen LogP contribution in [0.4, 0.5) is 5.13 Å². The number of allylic oxidation sites excluding steroid dienone is 2. The molecule has 0 radical (unpaired) electrons. The van der Waals surface area contributed by atoms with E-state index in [0.29, 0.717) is 16.8 Å². The summed E-state index contributed by atoms with van der Waals surface area (Å²) in [6.45, 7) is 16.3. The second kappa shape index (κ2) is 9.73. The Labute approximate surface area is 275 Å². The number of nitrogens with one attached hydrogen (secondary N) is 1. The van der Waals surface area contributed by atoms with Gasteiger partial charge in [0.2, 0.25) is 5.91 Å². The second-order valence-corrected chi connectivity index (χ2v) is 19.2. The molecule has 2 N–H and O–H groups in total. The van der Waals surface area contributed by atoms with Gasteiger partial charge in [-0.05, 0) is 121 Å². The number of amides is 1. The molecule has 4 saturated carbocycles. The van der Waals surface area contributed by atoms with E-state index >= 15 is 0 Å². The zero-order valence-electron chi connectivity index (χ0n) is 27.5. The van der Waals surface area contributed by atoms with E-state index in [1.54, 1.807) is 0 Å². The van der Waals surface area contributed by atoms with Gasteiger partial charge >= 0.3 is 0 Å². The summed E-state index contributed by atoms with van der Waals surface area (Å²) in [5, 5.41) is 14.9. The Hall–Kier alpha value is -1.57. The summed E-state index contributed by atoms with van der Waals surface area (Å²) in [7, 11) is 0. The van der Waals surface area contributed by atoms with E-state index < -0.39 is 5.41 Å². The van der Waals surface area contributed by atoms with Crippen molar-refractivity contribution >= 4 is 54.3 Å². The van der Waals surface area contributed by atoms with Crippen LogP contribution >= 0.6 is 27.3 Å². The lowest BCUT2D eigenvalue weighted by molar-refractivity contribution is -0.202. The Morgan fingerprint density at radius 1 is 1.00 bits per heavy atom. The fraction of sp³-hybridized carbons (Fsp3) is 0.703. The molecule has 0 unspecified atom stereocenters. The first-order chi connectivity index (χ1) is 20.5. The number of ketones is 1. The third kappa shape index (κ3) is 4.13. The highest BCUT2D eigenvalue weighted by Crippen LogP contribution is 2.75. The van der Waals surface area contributed by atoms with Gasteiger partial charge in [0.05, 0.1) is 16.3 Å². The van der Waals surface area contributed by atoms with Crippen molar-refractivity contribution in [2.45, 2.75) is 112 Å². The third-order valence-corrected chi connectivity index (χ3v) is 16.1. The smallest absolute Gasteiger partial charge is 0.232 e. The molecule has 1 aromatic carbocycles. The number of hydrogen-bond acceptors (Lipinski definition) is 5. The molecule has 1 amide bonds. The Morgan fingerprint density at radius 2 is 1.73 bits per heavy atom. The third-order valence-electron chi connectivity index (χ3n) is 14.7. The lowest BCUT2D eigenvalue weighted by atomic mass is 9.33. The quantitative estimate of drug-likeness (QED) is 0.331. The summed E-state index contributed by atoms with van der Waals surface area (Å²) in [5.74, 6) is 0.858. The number of carbonyl (C=O) groups is 2. The van der Waals surface area contributed by atoms with E-state index in [9.17, 15) is 14.7 Å². The molecule has 5 nitrogen and oxygen atoms in total. The fourth-order valence-corrected chi connectivity index (χ4v) is 13.0. The molecule has 0 bridgehead atoms.